The van der Waals surface area contributed by atoms with Gasteiger partial charge in [-0.05, 0) is 79.1 Å². The van der Waals surface area contributed by atoms with E-state index in [2.05, 4.69) is 38.7 Å². The number of anilines is 1. The number of carbonyl (C=O) groups is 2. The molecule has 1 heterocycles. The van der Waals surface area contributed by atoms with E-state index >= 15 is 0 Å². The third-order valence-corrected chi connectivity index (χ3v) is 6.78. The van der Waals surface area contributed by atoms with Gasteiger partial charge in [0, 0.05) is 46.5 Å². The van der Waals surface area contributed by atoms with Crippen LogP contribution in [-0.2, 0) is 10.2 Å². The Hall–Kier alpha value is -3.16. The molecule has 1 aliphatic heterocycles. The first-order valence-corrected chi connectivity index (χ1v) is 12.0. The first kappa shape index (κ1) is 24.0. The maximum atomic E-state index is 12.9. The van der Waals surface area contributed by atoms with Crippen LogP contribution in [0.2, 0.25) is 0 Å². The number of halogens is 1. The summed E-state index contributed by atoms with van der Waals surface area (Å²) < 4.78 is 11.8. The summed E-state index contributed by atoms with van der Waals surface area (Å²) >= 11 is 3.36. The lowest BCUT2D eigenvalue weighted by molar-refractivity contribution is 0.0487. The molecule has 34 heavy (non-hydrogen) atoms. The van der Waals surface area contributed by atoms with Crippen LogP contribution in [0.15, 0.2) is 77.3 Å². The summed E-state index contributed by atoms with van der Waals surface area (Å²) in [6, 6.07) is 22.1. The number of amides is 2. The maximum Gasteiger partial charge on any atom is 0.255 e. The van der Waals surface area contributed by atoms with E-state index in [1.807, 2.05) is 24.3 Å². The third-order valence-electron chi connectivity index (χ3n) is 6.25. The molecule has 0 aromatic heterocycles. The predicted molar refractivity (Wildman–Crippen MR) is 136 cm³/mol. The second-order valence-electron chi connectivity index (χ2n) is 8.34. The van der Waals surface area contributed by atoms with Crippen LogP contribution in [0.3, 0.4) is 0 Å². The molecule has 4 rings (SSSR count). The van der Waals surface area contributed by atoms with E-state index < -0.39 is 0 Å². The van der Waals surface area contributed by atoms with Crippen LogP contribution in [0.4, 0.5) is 5.69 Å². The van der Waals surface area contributed by atoms with Gasteiger partial charge in [0.25, 0.3) is 11.8 Å². The van der Waals surface area contributed by atoms with Crippen LogP contribution in [-0.4, -0.2) is 38.7 Å². The minimum Gasteiger partial charge on any atom is -0.497 e. The fourth-order valence-corrected chi connectivity index (χ4v) is 4.40. The third kappa shape index (κ3) is 5.66. The van der Waals surface area contributed by atoms with Crippen LogP contribution in [0.1, 0.15) is 39.1 Å². The van der Waals surface area contributed by atoms with Crippen molar-refractivity contribution in [2.45, 2.75) is 18.3 Å². The lowest BCUT2D eigenvalue weighted by atomic mass is 9.74. The van der Waals surface area contributed by atoms with Crippen LogP contribution >= 0.6 is 15.9 Å². The van der Waals surface area contributed by atoms with Crippen molar-refractivity contribution in [3.05, 3.63) is 94.0 Å². The van der Waals surface area contributed by atoms with Crippen molar-refractivity contribution >= 4 is 33.4 Å². The summed E-state index contributed by atoms with van der Waals surface area (Å²) in [4.78, 5) is 25.3. The van der Waals surface area contributed by atoms with E-state index in [0.717, 1.165) is 23.1 Å². The van der Waals surface area contributed by atoms with Crippen molar-refractivity contribution in [1.29, 1.82) is 0 Å². The lowest BCUT2D eigenvalue weighted by Gasteiger charge is -2.38. The number of hydrogen-bond acceptors (Lipinski definition) is 4. The molecule has 1 saturated heterocycles. The average molecular weight is 523 g/mol. The van der Waals surface area contributed by atoms with Gasteiger partial charge in [0.05, 0.1) is 7.11 Å². The average Bonchev–Trinajstić information content (AvgIpc) is 2.88. The van der Waals surface area contributed by atoms with Crippen molar-refractivity contribution in [2.75, 3.05) is 32.2 Å². The molecule has 0 unspecified atom stereocenters. The van der Waals surface area contributed by atoms with Gasteiger partial charge in [-0.2, -0.15) is 0 Å². The fraction of sp³-hybridized carbons (Fsp3) is 0.259. The molecule has 3 aromatic rings. The zero-order valence-corrected chi connectivity index (χ0v) is 20.6. The number of benzene rings is 3. The second-order valence-corrected chi connectivity index (χ2v) is 9.26. The van der Waals surface area contributed by atoms with Crippen LogP contribution in [0, 0.1) is 0 Å². The minimum atomic E-state index is -0.203. The van der Waals surface area contributed by atoms with E-state index in [0.29, 0.717) is 36.6 Å². The van der Waals surface area contributed by atoms with Gasteiger partial charge < -0.3 is 20.1 Å². The van der Waals surface area contributed by atoms with Gasteiger partial charge in [-0.3, -0.25) is 9.59 Å². The van der Waals surface area contributed by atoms with E-state index in [-0.39, 0.29) is 17.2 Å². The van der Waals surface area contributed by atoms with Crippen molar-refractivity contribution < 1.29 is 19.1 Å². The molecular formula is C27H27BrN2O4. The Bertz CT molecular complexity index is 1120. The lowest BCUT2D eigenvalue weighted by Crippen LogP contribution is -2.44. The number of nitrogens with one attached hydrogen (secondary N) is 2. The highest BCUT2D eigenvalue weighted by atomic mass is 79.9. The van der Waals surface area contributed by atoms with Gasteiger partial charge in [-0.25, -0.2) is 0 Å². The number of rotatable bonds is 7. The van der Waals surface area contributed by atoms with Crippen molar-refractivity contribution in [2.24, 2.45) is 0 Å². The molecule has 0 aliphatic carbocycles. The quantitative estimate of drug-likeness (QED) is 0.447. The smallest absolute Gasteiger partial charge is 0.255 e. The summed E-state index contributed by atoms with van der Waals surface area (Å²) in [6.07, 6.45) is 1.67. The monoisotopic (exact) mass is 522 g/mol. The van der Waals surface area contributed by atoms with Gasteiger partial charge in [-0.1, -0.05) is 28.1 Å². The SMILES string of the molecule is COc1ccc(C2(CNC(=O)c3ccc(NC(=O)c4ccc(Br)cc4)cc3)CCOCC2)cc1. The van der Waals surface area contributed by atoms with Gasteiger partial charge >= 0.3 is 0 Å². The van der Waals surface area contributed by atoms with Gasteiger partial charge in [-0.15, -0.1) is 0 Å². The molecule has 176 valence electrons. The van der Waals surface area contributed by atoms with Crippen molar-refractivity contribution in [3.8, 4) is 5.75 Å². The Morgan fingerprint density at radius 3 is 2.09 bits per heavy atom. The minimum absolute atomic E-state index is 0.148. The summed E-state index contributed by atoms with van der Waals surface area (Å²) in [5.74, 6) is 0.457. The van der Waals surface area contributed by atoms with Crippen LogP contribution < -0.4 is 15.4 Å². The Kier molecular flexibility index (Phi) is 7.65. The molecule has 6 nitrogen and oxygen atoms in total. The summed E-state index contributed by atoms with van der Waals surface area (Å²) in [5, 5.41) is 5.96. The van der Waals surface area contributed by atoms with Gasteiger partial charge in [0.1, 0.15) is 5.75 Å². The molecule has 0 atom stereocenters. The highest BCUT2D eigenvalue weighted by molar-refractivity contribution is 9.10. The van der Waals surface area contributed by atoms with Gasteiger partial charge in [0.15, 0.2) is 0 Å². The zero-order chi connectivity index (χ0) is 24.0. The number of ether oxygens (including phenoxy) is 2. The Labute approximate surface area is 207 Å². The van der Waals surface area contributed by atoms with E-state index in [4.69, 9.17) is 9.47 Å². The summed E-state index contributed by atoms with van der Waals surface area (Å²) in [7, 11) is 1.65. The fourth-order valence-electron chi connectivity index (χ4n) is 4.14. The maximum absolute atomic E-state index is 12.9. The normalized spacial score (nSPS) is 14.8. The standard InChI is InChI=1S/C27H27BrN2O4/c1-33-24-12-6-21(7-13-24)27(14-16-34-17-15-27)18-29-25(31)19-4-10-23(11-5-19)30-26(32)20-2-8-22(28)9-3-20/h2-13H,14-18H2,1H3,(H,29,31)(H,30,32). The molecule has 3 aromatic carbocycles. The molecular weight excluding hydrogens is 496 g/mol. The molecule has 1 fully saturated rings. The number of methoxy groups -OCH3 is 1. The second kappa shape index (κ2) is 10.8. The molecule has 0 saturated carbocycles. The van der Waals surface area contributed by atoms with Crippen LogP contribution in [0.25, 0.3) is 0 Å². The molecule has 2 amide bonds. The highest BCUT2D eigenvalue weighted by Crippen LogP contribution is 2.35. The summed E-state index contributed by atoms with van der Waals surface area (Å²) in [6.45, 7) is 1.84. The Morgan fingerprint density at radius 1 is 0.882 bits per heavy atom. The molecule has 7 heteroatoms. The number of hydrogen-bond donors (Lipinski definition) is 2. The van der Waals surface area contributed by atoms with E-state index in [1.54, 1.807) is 43.5 Å². The zero-order valence-electron chi connectivity index (χ0n) is 19.0. The molecule has 0 radical (unpaired) electrons. The first-order chi connectivity index (χ1) is 16.5. The Morgan fingerprint density at radius 2 is 1.47 bits per heavy atom. The molecule has 1 aliphatic rings. The first-order valence-electron chi connectivity index (χ1n) is 11.2. The summed E-state index contributed by atoms with van der Waals surface area (Å²) in [5.41, 5.74) is 2.72. The topological polar surface area (TPSA) is 76.7 Å². The van der Waals surface area contributed by atoms with E-state index in [9.17, 15) is 9.59 Å². The Balaban J connectivity index is 1.40. The van der Waals surface area contributed by atoms with Crippen molar-refractivity contribution in [3.63, 3.8) is 0 Å². The van der Waals surface area contributed by atoms with Gasteiger partial charge in [0.2, 0.25) is 0 Å². The van der Waals surface area contributed by atoms with E-state index in [1.165, 1.54) is 5.56 Å². The predicted octanol–water partition coefficient (Wildman–Crippen LogP) is 5.19. The molecule has 0 bridgehead atoms. The van der Waals surface area contributed by atoms with Crippen LogP contribution in [0.5, 0.6) is 5.75 Å². The largest absolute Gasteiger partial charge is 0.497 e. The highest BCUT2D eigenvalue weighted by Gasteiger charge is 2.35. The van der Waals surface area contributed by atoms with Crippen molar-refractivity contribution in [1.82, 2.24) is 5.32 Å². The number of carbonyl (C=O) groups excluding carboxylic acids is 2. The molecule has 2 N–H and O–H groups in total. The molecule has 0 spiro atoms.